The zero-order chi connectivity index (χ0) is 47.4. The Morgan fingerprint density at radius 1 is 0.354 bits per heavy atom. The van der Waals surface area contributed by atoms with Crippen molar-refractivity contribution in [3.63, 3.8) is 0 Å². The van der Waals surface area contributed by atoms with Gasteiger partial charge in [-0.3, -0.25) is 0 Å². The average Bonchev–Trinajstić information content (AvgIpc) is 3.98. The molecule has 0 saturated heterocycles. The molecule has 1 atom stereocenters. The van der Waals surface area contributed by atoms with Crippen LogP contribution in [-0.2, 0) is 12.5 Å². The van der Waals surface area contributed by atoms with Gasteiger partial charge >= 0.3 is 0 Å². The molecule has 306 valence electrons. The summed E-state index contributed by atoms with van der Waals surface area (Å²) in [7, 11) is 2.10. The van der Waals surface area contributed by atoms with Crippen LogP contribution in [-0.4, -0.2) is 4.57 Å². The van der Waals surface area contributed by atoms with Crippen molar-refractivity contribution in [1.82, 2.24) is 4.57 Å². The molecular formula is C62H43N3. The summed E-state index contributed by atoms with van der Waals surface area (Å²) in [4.78, 5) is 4.59. The van der Waals surface area contributed by atoms with Crippen LogP contribution in [0.5, 0.6) is 0 Å². The van der Waals surface area contributed by atoms with Crippen LogP contribution in [0.15, 0.2) is 243 Å². The van der Waals surface area contributed by atoms with Gasteiger partial charge in [-0.2, -0.15) is 0 Å². The highest BCUT2D eigenvalue weighted by Gasteiger charge is 2.52. The van der Waals surface area contributed by atoms with Crippen molar-refractivity contribution in [2.45, 2.75) is 5.41 Å². The summed E-state index contributed by atoms with van der Waals surface area (Å²) >= 11 is 0. The molecule has 0 saturated carbocycles. The molecule has 0 amide bonds. The van der Waals surface area contributed by atoms with Crippen LogP contribution in [0.1, 0.15) is 29.1 Å². The fraction of sp³-hybridized carbons (Fsp3) is 0.0323. The summed E-state index contributed by atoms with van der Waals surface area (Å²) in [6.07, 6.45) is 0. The third-order valence-electron chi connectivity index (χ3n) is 13.7. The van der Waals surface area contributed by atoms with E-state index < -0.39 is 11.5 Å². The van der Waals surface area contributed by atoms with E-state index >= 15 is 0 Å². The number of rotatable bonds is 7. The highest BCUT2D eigenvalue weighted by molar-refractivity contribution is 6.09. The van der Waals surface area contributed by atoms with E-state index in [0.717, 1.165) is 61.5 Å². The third-order valence-corrected chi connectivity index (χ3v) is 13.7. The summed E-state index contributed by atoms with van der Waals surface area (Å²) in [5.41, 5.74) is 17.6. The Balaban J connectivity index is 1.08. The number of hydrogen-bond acceptors (Lipinski definition) is 2. The molecule has 10 aromatic carbocycles. The summed E-state index contributed by atoms with van der Waals surface area (Å²) in [6.45, 7) is 0. The predicted octanol–water partition coefficient (Wildman–Crippen LogP) is 16.3. The molecule has 1 heterocycles. The number of hydrogen-bond donors (Lipinski definition) is 0. The van der Waals surface area contributed by atoms with Crippen molar-refractivity contribution in [1.29, 1.82) is 0 Å². The highest BCUT2D eigenvalue weighted by atomic mass is 15.1. The molecule has 0 radical (unpaired) electrons. The number of fused-ring (bicyclic) bond motifs is 13. The molecule has 65 heavy (non-hydrogen) atoms. The van der Waals surface area contributed by atoms with Crippen LogP contribution in [0.2, 0.25) is 0 Å². The monoisotopic (exact) mass is 834 g/mol. The first-order chi connectivity index (χ1) is 34.2. The maximum absolute atomic E-state index is 8.95. The second kappa shape index (κ2) is 14.6. The number of anilines is 6. The highest BCUT2D eigenvalue weighted by Crippen LogP contribution is 2.64. The Morgan fingerprint density at radius 3 is 1.48 bits per heavy atom. The van der Waals surface area contributed by atoms with E-state index in [1.807, 2.05) is 24.3 Å². The lowest BCUT2D eigenvalue weighted by Gasteiger charge is -2.33. The lowest BCUT2D eigenvalue weighted by molar-refractivity contribution is 0.793. The number of aryl methyl sites for hydroxylation is 1. The Morgan fingerprint density at radius 2 is 0.831 bits per heavy atom. The normalized spacial score (nSPS) is 15.4. The van der Waals surface area contributed by atoms with Crippen LogP contribution in [0, 0.1) is 0 Å². The number of benzene rings is 10. The van der Waals surface area contributed by atoms with Crippen molar-refractivity contribution in [2.75, 3.05) is 9.80 Å². The SMILES string of the molecule is [2H]c1c([2H])c([2H])c(-c2cccc(N(c3ccc4c(c3)C3(c5ccccc5-c5ccc(N(c6ccccc6)c6ccccc6)cc53)c3ccccc3-4)c3ccc4c(c3)c3ccccc3n4C)c2)c([2H])c1[2H]. The van der Waals surface area contributed by atoms with Gasteiger partial charge in [0.05, 0.1) is 12.3 Å². The maximum Gasteiger partial charge on any atom is 0.0727 e. The first-order valence-corrected chi connectivity index (χ1v) is 22.1. The van der Waals surface area contributed by atoms with Gasteiger partial charge in [0.2, 0.25) is 0 Å². The molecule has 1 spiro atoms. The largest absolute Gasteiger partial charge is 0.344 e. The van der Waals surface area contributed by atoms with Gasteiger partial charge < -0.3 is 14.4 Å². The molecule has 3 nitrogen and oxygen atoms in total. The van der Waals surface area contributed by atoms with Crippen molar-refractivity contribution in [3.05, 3.63) is 265 Å². The van der Waals surface area contributed by atoms with E-state index in [-0.39, 0.29) is 29.7 Å². The van der Waals surface area contributed by atoms with Crippen molar-refractivity contribution in [3.8, 4) is 33.4 Å². The van der Waals surface area contributed by atoms with Gasteiger partial charge in [0, 0.05) is 63.0 Å². The van der Waals surface area contributed by atoms with E-state index in [1.165, 1.54) is 38.9 Å². The lowest BCUT2D eigenvalue weighted by atomic mass is 9.70. The van der Waals surface area contributed by atoms with E-state index in [4.69, 9.17) is 6.85 Å². The maximum atomic E-state index is 8.95. The topological polar surface area (TPSA) is 11.4 Å². The molecule has 0 N–H and O–H groups in total. The zero-order valence-corrected chi connectivity index (χ0v) is 35.5. The molecular weight excluding hydrogens is 787 g/mol. The lowest BCUT2D eigenvalue weighted by Crippen LogP contribution is -2.26. The van der Waals surface area contributed by atoms with E-state index in [1.54, 1.807) is 0 Å². The Bertz CT molecular complexity index is 3860. The molecule has 1 aromatic heterocycles. The van der Waals surface area contributed by atoms with Crippen LogP contribution < -0.4 is 9.80 Å². The smallest absolute Gasteiger partial charge is 0.0727 e. The van der Waals surface area contributed by atoms with Gasteiger partial charge in [-0.1, -0.05) is 158 Å². The molecule has 2 aliphatic rings. The van der Waals surface area contributed by atoms with Crippen molar-refractivity contribution >= 4 is 55.9 Å². The fourth-order valence-corrected chi connectivity index (χ4v) is 10.9. The van der Waals surface area contributed by atoms with Gasteiger partial charge in [0.25, 0.3) is 0 Å². The van der Waals surface area contributed by atoms with Crippen LogP contribution in [0.25, 0.3) is 55.2 Å². The van der Waals surface area contributed by atoms with Crippen LogP contribution in [0.4, 0.5) is 34.1 Å². The molecule has 0 bridgehead atoms. The predicted molar refractivity (Wildman–Crippen MR) is 272 cm³/mol. The molecule has 13 rings (SSSR count). The second-order valence-electron chi connectivity index (χ2n) is 17.0. The minimum Gasteiger partial charge on any atom is -0.344 e. The summed E-state index contributed by atoms with van der Waals surface area (Å²) < 4.78 is 45.6. The number of para-hydroxylation sites is 3. The van der Waals surface area contributed by atoms with Gasteiger partial charge in [-0.15, -0.1) is 0 Å². The van der Waals surface area contributed by atoms with Crippen molar-refractivity contribution < 1.29 is 6.85 Å². The minimum absolute atomic E-state index is 0.163. The van der Waals surface area contributed by atoms with Gasteiger partial charge in [-0.05, 0) is 141 Å². The van der Waals surface area contributed by atoms with E-state index in [0.29, 0.717) is 5.56 Å². The van der Waals surface area contributed by atoms with Gasteiger partial charge in [-0.25, -0.2) is 0 Å². The Hall–Kier alpha value is -8.40. The number of aromatic nitrogens is 1. The summed E-state index contributed by atoms with van der Waals surface area (Å²) in [5.74, 6) is 0. The van der Waals surface area contributed by atoms with Gasteiger partial charge in [0.15, 0.2) is 0 Å². The van der Waals surface area contributed by atoms with Crippen LogP contribution in [0.3, 0.4) is 0 Å². The van der Waals surface area contributed by atoms with E-state index in [2.05, 4.69) is 209 Å². The standard InChI is InChI=1S/C62H43N3/c1-63-60-31-16-13-28-54(60)55-39-47(34-37-61(55)63)65(46-25-17-20-43(38-46)42-18-5-2-6-19-42)49-33-36-53-51-27-12-15-30-57(51)62(59(53)41-49)56-29-14-11-26-50(56)52-35-32-48(40-58(52)62)64(44-21-7-3-8-22-44)45-23-9-4-10-24-45/h2-41H,1H3/i2D,5D,6D,18D,19D. The Labute approximate surface area is 386 Å². The average molecular weight is 835 g/mol. The molecule has 11 aromatic rings. The summed E-state index contributed by atoms with van der Waals surface area (Å²) in [5, 5.41) is 2.26. The first kappa shape index (κ1) is 32.3. The Kier molecular flexibility index (Phi) is 7.25. The van der Waals surface area contributed by atoms with Gasteiger partial charge in [0.1, 0.15) is 0 Å². The molecule has 0 fully saturated rings. The first-order valence-electron chi connectivity index (χ1n) is 24.6. The van der Waals surface area contributed by atoms with Crippen molar-refractivity contribution in [2.24, 2.45) is 7.05 Å². The van der Waals surface area contributed by atoms with Crippen LogP contribution >= 0.6 is 0 Å². The number of nitrogens with zero attached hydrogens (tertiary/aromatic N) is 3. The molecule has 0 aliphatic heterocycles. The fourth-order valence-electron chi connectivity index (χ4n) is 10.9. The van der Waals surface area contributed by atoms with E-state index in [9.17, 15) is 0 Å². The molecule has 3 heteroatoms. The second-order valence-corrected chi connectivity index (χ2v) is 17.0. The minimum atomic E-state index is -0.691. The third kappa shape index (κ3) is 5.55. The summed E-state index contributed by atoms with van der Waals surface area (Å²) in [6, 6.07) is 73.8. The molecule has 1 unspecified atom stereocenters. The molecule has 2 aliphatic carbocycles. The quantitative estimate of drug-likeness (QED) is 0.158. The zero-order valence-electron chi connectivity index (χ0n) is 40.5.